The fourth-order valence-electron chi connectivity index (χ4n) is 3.03. The van der Waals surface area contributed by atoms with Gasteiger partial charge in [0.1, 0.15) is 11.9 Å². The molecule has 134 valence electrons. The van der Waals surface area contributed by atoms with E-state index in [2.05, 4.69) is 24.8 Å². The summed E-state index contributed by atoms with van der Waals surface area (Å²) in [5.74, 6) is 0.752. The molecule has 0 aromatic carbocycles. The summed E-state index contributed by atoms with van der Waals surface area (Å²) in [6.07, 6.45) is 7.71. The molecule has 0 bridgehead atoms. The normalized spacial score (nSPS) is 17.6. The maximum atomic E-state index is 11.0. The summed E-state index contributed by atoms with van der Waals surface area (Å²) in [6, 6.07) is 3.77. The van der Waals surface area contributed by atoms with Crippen molar-refractivity contribution in [3.63, 3.8) is 0 Å². The number of likely N-dealkylation sites (tertiary alicyclic amines) is 1. The SMILES string of the molecule is CC(=O)NCc1cc(OC2CCN(CCc3cncn3C)C2)ccn1. The highest BCUT2D eigenvalue weighted by Gasteiger charge is 2.24. The van der Waals surface area contributed by atoms with Gasteiger partial charge in [-0.1, -0.05) is 0 Å². The molecule has 1 atom stereocenters. The van der Waals surface area contributed by atoms with Crippen molar-refractivity contribution in [2.45, 2.75) is 32.4 Å². The van der Waals surface area contributed by atoms with Crippen LogP contribution < -0.4 is 10.1 Å². The van der Waals surface area contributed by atoms with Crippen molar-refractivity contribution in [3.8, 4) is 5.75 Å². The van der Waals surface area contributed by atoms with E-state index in [1.165, 1.54) is 12.6 Å². The number of ether oxygens (including phenoxy) is 1. The van der Waals surface area contributed by atoms with Crippen LogP contribution in [0.25, 0.3) is 0 Å². The van der Waals surface area contributed by atoms with Crippen molar-refractivity contribution < 1.29 is 9.53 Å². The van der Waals surface area contributed by atoms with Crippen LogP contribution in [-0.2, 0) is 24.8 Å². The second-order valence-corrected chi connectivity index (χ2v) is 6.47. The molecule has 0 spiro atoms. The molecular formula is C18H25N5O2. The first-order valence-electron chi connectivity index (χ1n) is 8.64. The summed E-state index contributed by atoms with van der Waals surface area (Å²) >= 11 is 0. The topological polar surface area (TPSA) is 72.3 Å². The van der Waals surface area contributed by atoms with Crippen molar-refractivity contribution in [3.05, 3.63) is 42.2 Å². The number of hydrogen-bond donors (Lipinski definition) is 1. The summed E-state index contributed by atoms with van der Waals surface area (Å²) in [5.41, 5.74) is 2.06. The van der Waals surface area contributed by atoms with Crippen molar-refractivity contribution in [2.24, 2.45) is 7.05 Å². The summed E-state index contributed by atoms with van der Waals surface area (Å²) in [6.45, 7) is 4.92. The number of hydrogen-bond acceptors (Lipinski definition) is 5. The van der Waals surface area contributed by atoms with Crippen molar-refractivity contribution in [1.82, 2.24) is 24.8 Å². The molecular weight excluding hydrogens is 318 g/mol. The smallest absolute Gasteiger partial charge is 0.217 e. The van der Waals surface area contributed by atoms with Crippen LogP contribution in [0.2, 0.25) is 0 Å². The summed E-state index contributed by atoms with van der Waals surface area (Å²) in [7, 11) is 2.03. The number of pyridine rings is 1. The Hall–Kier alpha value is -2.41. The van der Waals surface area contributed by atoms with Gasteiger partial charge in [-0.25, -0.2) is 4.98 Å². The van der Waals surface area contributed by atoms with E-state index in [0.717, 1.165) is 43.9 Å². The number of rotatable bonds is 7. The van der Waals surface area contributed by atoms with Gasteiger partial charge in [0.05, 0.1) is 18.6 Å². The zero-order chi connectivity index (χ0) is 17.6. The quantitative estimate of drug-likeness (QED) is 0.816. The van der Waals surface area contributed by atoms with Gasteiger partial charge in [-0.2, -0.15) is 0 Å². The van der Waals surface area contributed by atoms with E-state index < -0.39 is 0 Å². The minimum atomic E-state index is -0.0621. The average Bonchev–Trinajstić information content (AvgIpc) is 3.20. The van der Waals surface area contributed by atoms with Crippen LogP contribution in [0.1, 0.15) is 24.7 Å². The third kappa shape index (κ3) is 5.03. The van der Waals surface area contributed by atoms with Gasteiger partial charge in [0.15, 0.2) is 0 Å². The molecule has 0 saturated carbocycles. The molecule has 2 aromatic heterocycles. The lowest BCUT2D eigenvalue weighted by atomic mass is 10.3. The molecule has 0 radical (unpaired) electrons. The van der Waals surface area contributed by atoms with Gasteiger partial charge >= 0.3 is 0 Å². The van der Waals surface area contributed by atoms with E-state index in [-0.39, 0.29) is 12.0 Å². The fourth-order valence-corrected chi connectivity index (χ4v) is 3.03. The molecule has 1 saturated heterocycles. The van der Waals surface area contributed by atoms with Gasteiger partial charge in [-0.05, 0) is 12.5 Å². The van der Waals surface area contributed by atoms with Crippen molar-refractivity contribution >= 4 is 5.91 Å². The van der Waals surface area contributed by atoms with Crippen molar-refractivity contribution in [1.29, 1.82) is 0 Å². The van der Waals surface area contributed by atoms with Gasteiger partial charge in [-0.15, -0.1) is 0 Å². The number of carbonyl (C=O) groups is 1. The molecule has 1 fully saturated rings. The second-order valence-electron chi connectivity index (χ2n) is 6.47. The number of nitrogens with one attached hydrogen (secondary N) is 1. The molecule has 1 aliphatic heterocycles. The highest BCUT2D eigenvalue weighted by Crippen LogP contribution is 2.19. The van der Waals surface area contributed by atoms with Crippen LogP contribution in [0.4, 0.5) is 0 Å². The monoisotopic (exact) mass is 343 g/mol. The minimum Gasteiger partial charge on any atom is -0.489 e. The molecule has 1 unspecified atom stereocenters. The highest BCUT2D eigenvalue weighted by molar-refractivity contribution is 5.72. The lowest BCUT2D eigenvalue weighted by Gasteiger charge is -2.17. The Morgan fingerprint density at radius 3 is 3.12 bits per heavy atom. The van der Waals surface area contributed by atoms with Gasteiger partial charge in [-0.3, -0.25) is 14.7 Å². The Bertz CT molecular complexity index is 715. The molecule has 2 aromatic rings. The number of imidazole rings is 1. The van der Waals surface area contributed by atoms with Gasteiger partial charge < -0.3 is 14.6 Å². The molecule has 25 heavy (non-hydrogen) atoms. The van der Waals surface area contributed by atoms with Crippen LogP contribution >= 0.6 is 0 Å². The average molecular weight is 343 g/mol. The third-order valence-corrected chi connectivity index (χ3v) is 4.44. The summed E-state index contributed by atoms with van der Waals surface area (Å²) < 4.78 is 8.17. The molecule has 1 amide bonds. The highest BCUT2D eigenvalue weighted by atomic mass is 16.5. The maximum Gasteiger partial charge on any atom is 0.217 e. The molecule has 1 aliphatic rings. The predicted molar refractivity (Wildman–Crippen MR) is 94.1 cm³/mol. The summed E-state index contributed by atoms with van der Waals surface area (Å²) in [5, 5.41) is 2.75. The van der Waals surface area contributed by atoms with E-state index in [4.69, 9.17) is 4.74 Å². The Labute approximate surface area is 148 Å². The van der Waals surface area contributed by atoms with E-state index in [9.17, 15) is 4.79 Å². The summed E-state index contributed by atoms with van der Waals surface area (Å²) in [4.78, 5) is 21.8. The van der Waals surface area contributed by atoms with Crippen LogP contribution in [-0.4, -0.2) is 51.1 Å². The third-order valence-electron chi connectivity index (χ3n) is 4.44. The standard InChI is InChI=1S/C18H25N5O2/c1-14(24)21-10-15-9-17(3-6-20-15)25-18-5-8-23(12-18)7-4-16-11-19-13-22(16)2/h3,6,9,11,13,18H,4-5,7-8,10,12H2,1-2H3,(H,21,24). The van der Waals surface area contributed by atoms with Crippen LogP contribution in [0.5, 0.6) is 5.75 Å². The second kappa shape index (κ2) is 8.11. The molecule has 1 N–H and O–H groups in total. The van der Waals surface area contributed by atoms with Crippen LogP contribution in [0, 0.1) is 0 Å². The van der Waals surface area contributed by atoms with E-state index in [1.807, 2.05) is 31.7 Å². The lowest BCUT2D eigenvalue weighted by molar-refractivity contribution is -0.119. The zero-order valence-electron chi connectivity index (χ0n) is 14.8. The first-order chi connectivity index (χ1) is 12.1. The van der Waals surface area contributed by atoms with Gasteiger partial charge in [0.2, 0.25) is 5.91 Å². The molecule has 3 rings (SSSR count). The number of aryl methyl sites for hydroxylation is 1. The Balaban J connectivity index is 1.47. The largest absolute Gasteiger partial charge is 0.489 e. The Morgan fingerprint density at radius 2 is 2.36 bits per heavy atom. The number of aromatic nitrogens is 3. The maximum absolute atomic E-state index is 11.0. The molecule has 0 aliphatic carbocycles. The van der Waals surface area contributed by atoms with Gasteiger partial charge in [0, 0.05) is 64.2 Å². The molecule has 3 heterocycles. The Kier molecular flexibility index (Phi) is 5.65. The predicted octanol–water partition coefficient (Wildman–Crippen LogP) is 1.15. The zero-order valence-corrected chi connectivity index (χ0v) is 14.8. The van der Waals surface area contributed by atoms with E-state index in [1.54, 1.807) is 6.20 Å². The first kappa shape index (κ1) is 17.4. The minimum absolute atomic E-state index is 0.0621. The van der Waals surface area contributed by atoms with E-state index >= 15 is 0 Å². The van der Waals surface area contributed by atoms with E-state index in [0.29, 0.717) is 6.54 Å². The van der Waals surface area contributed by atoms with Crippen LogP contribution in [0.15, 0.2) is 30.9 Å². The fraction of sp³-hybridized carbons (Fsp3) is 0.500. The first-order valence-corrected chi connectivity index (χ1v) is 8.64. The Morgan fingerprint density at radius 1 is 1.48 bits per heavy atom. The molecule has 7 heteroatoms. The number of nitrogens with zero attached hydrogens (tertiary/aromatic N) is 4. The van der Waals surface area contributed by atoms with Gasteiger partial charge in [0.25, 0.3) is 0 Å². The molecule has 7 nitrogen and oxygen atoms in total. The number of amides is 1. The van der Waals surface area contributed by atoms with Crippen LogP contribution in [0.3, 0.4) is 0 Å². The number of carbonyl (C=O) groups excluding carboxylic acids is 1. The lowest BCUT2D eigenvalue weighted by Crippen LogP contribution is -2.27. The van der Waals surface area contributed by atoms with Crippen molar-refractivity contribution in [2.75, 3.05) is 19.6 Å².